The highest BCUT2D eigenvalue weighted by atomic mass is 16.6. The number of esters is 1. The van der Waals surface area contributed by atoms with Gasteiger partial charge >= 0.3 is 12.1 Å². The smallest absolute Gasteiger partial charge is 0.410 e. The Kier molecular flexibility index (Phi) is 14.4. The third-order valence-electron chi connectivity index (χ3n) is 8.37. The Morgan fingerprint density at radius 3 is 2.00 bits per heavy atom. The first-order valence-corrected chi connectivity index (χ1v) is 16.8. The van der Waals surface area contributed by atoms with Gasteiger partial charge < -0.3 is 14.2 Å². The Hall–Kier alpha value is -3.72. The zero-order valence-corrected chi connectivity index (χ0v) is 27.1. The molecule has 244 valence electrons. The molecule has 0 radical (unpaired) electrons. The minimum Gasteiger partial charge on any atom is -0.459 e. The highest BCUT2D eigenvalue weighted by Crippen LogP contribution is 2.24. The zero-order chi connectivity index (χ0) is 31.7. The molecule has 1 amide bonds. The van der Waals surface area contributed by atoms with Crippen LogP contribution in [0.1, 0.15) is 94.4 Å². The highest BCUT2D eigenvalue weighted by molar-refractivity contribution is 5.82. The Morgan fingerprint density at radius 1 is 0.800 bits per heavy atom. The van der Waals surface area contributed by atoms with Gasteiger partial charge in [-0.25, -0.2) is 9.59 Å². The molecule has 9 heteroatoms. The van der Waals surface area contributed by atoms with Gasteiger partial charge in [-0.05, 0) is 24.0 Å². The van der Waals surface area contributed by atoms with Gasteiger partial charge in [0.05, 0.1) is 17.9 Å². The van der Waals surface area contributed by atoms with Crippen molar-refractivity contribution in [3.8, 4) is 0 Å². The van der Waals surface area contributed by atoms with Crippen LogP contribution in [-0.2, 0) is 52.4 Å². The molecule has 1 aliphatic rings. The summed E-state index contributed by atoms with van der Waals surface area (Å²) in [6.45, 7) is 3.98. The molecule has 1 fully saturated rings. The van der Waals surface area contributed by atoms with Gasteiger partial charge in [0, 0.05) is 6.42 Å². The maximum atomic E-state index is 13.2. The minimum absolute atomic E-state index is 0.127. The van der Waals surface area contributed by atoms with Gasteiger partial charge in [0.15, 0.2) is 11.9 Å². The summed E-state index contributed by atoms with van der Waals surface area (Å²) in [7, 11) is 1.92. The number of aryl methyl sites for hydroxylation is 2. The van der Waals surface area contributed by atoms with Gasteiger partial charge in [0.25, 0.3) is 0 Å². The van der Waals surface area contributed by atoms with Gasteiger partial charge in [0.1, 0.15) is 39.5 Å². The van der Waals surface area contributed by atoms with Gasteiger partial charge in [-0.15, -0.1) is 9.36 Å². The molecule has 0 N–H and O–H groups in total. The minimum atomic E-state index is -0.783. The van der Waals surface area contributed by atoms with Gasteiger partial charge in [-0.3, -0.25) is 4.90 Å². The Labute approximate surface area is 268 Å². The van der Waals surface area contributed by atoms with E-state index in [4.69, 9.17) is 14.2 Å². The third-order valence-corrected chi connectivity index (χ3v) is 8.37. The van der Waals surface area contributed by atoms with E-state index in [1.165, 1.54) is 62.7 Å². The van der Waals surface area contributed by atoms with Crippen molar-refractivity contribution in [2.45, 2.75) is 116 Å². The zero-order valence-electron chi connectivity index (χ0n) is 27.1. The molecular formula is C36H51N4O5+. The topological polar surface area (TPSA) is 86.8 Å². The van der Waals surface area contributed by atoms with Crippen molar-refractivity contribution < 1.29 is 28.5 Å². The van der Waals surface area contributed by atoms with Crippen molar-refractivity contribution in [3.05, 3.63) is 83.7 Å². The van der Waals surface area contributed by atoms with E-state index in [1.807, 2.05) is 83.3 Å². The molecule has 0 saturated carbocycles. The number of hydrogen-bond acceptors (Lipinski definition) is 6. The fraction of sp³-hybridized carbons (Fsp3) is 0.556. The molecule has 4 rings (SSSR count). The van der Waals surface area contributed by atoms with Crippen molar-refractivity contribution in [1.82, 2.24) is 14.8 Å². The number of likely N-dealkylation sites (tertiary alicyclic amines) is 1. The van der Waals surface area contributed by atoms with Crippen LogP contribution in [0.3, 0.4) is 0 Å². The lowest BCUT2D eigenvalue weighted by atomic mass is 10.1. The molecule has 0 spiro atoms. The van der Waals surface area contributed by atoms with E-state index in [9.17, 15) is 9.59 Å². The quantitative estimate of drug-likeness (QED) is 0.0847. The van der Waals surface area contributed by atoms with Crippen LogP contribution in [0.4, 0.5) is 4.79 Å². The summed E-state index contributed by atoms with van der Waals surface area (Å²) in [4.78, 5) is 27.8. The van der Waals surface area contributed by atoms with Crippen LogP contribution in [0.2, 0.25) is 0 Å². The average Bonchev–Trinajstić information content (AvgIpc) is 3.66. The second-order valence-corrected chi connectivity index (χ2v) is 12.0. The number of carbonyl (C=O) groups excluding carboxylic acids is 2. The maximum absolute atomic E-state index is 13.2. The van der Waals surface area contributed by atoms with Crippen LogP contribution >= 0.6 is 0 Å². The Balaban J connectivity index is 1.24. The second-order valence-electron chi connectivity index (χ2n) is 12.0. The number of ether oxygens (including phenoxy) is 3. The standard InChI is InChI=1S/C36H51N4O5/c1-3-4-5-6-7-8-9-10-11-18-23-39-25-32(38(2)37-39)29-43-33-24-34(35(41)44-27-30-19-14-12-15-20-30)40(26-33)36(42)45-28-31-21-16-13-17-22-31/h12-17,19-22,25,33-34H,3-11,18,23-24,26-29H2,1-2H3/q+1/t33-,34+/m1/s1. The van der Waals surface area contributed by atoms with Gasteiger partial charge in [-0.2, -0.15) is 0 Å². The fourth-order valence-electron chi connectivity index (χ4n) is 5.69. The van der Waals surface area contributed by atoms with Crippen molar-refractivity contribution in [2.24, 2.45) is 7.05 Å². The van der Waals surface area contributed by atoms with Crippen LogP contribution < -0.4 is 4.68 Å². The van der Waals surface area contributed by atoms with E-state index in [2.05, 4.69) is 12.1 Å². The van der Waals surface area contributed by atoms with Crippen LogP contribution in [0.25, 0.3) is 0 Å². The number of carbonyl (C=O) groups is 2. The van der Waals surface area contributed by atoms with Crippen LogP contribution in [-0.4, -0.2) is 45.5 Å². The van der Waals surface area contributed by atoms with Crippen molar-refractivity contribution >= 4 is 12.1 Å². The number of unbranched alkanes of at least 4 members (excludes halogenated alkanes) is 9. The predicted octanol–water partition coefficient (Wildman–Crippen LogP) is 6.67. The number of amides is 1. The van der Waals surface area contributed by atoms with Gasteiger partial charge in [0.2, 0.25) is 0 Å². The first-order chi connectivity index (χ1) is 22.0. The summed E-state index contributed by atoms with van der Waals surface area (Å²) >= 11 is 0. The molecular weight excluding hydrogens is 568 g/mol. The Morgan fingerprint density at radius 2 is 1.38 bits per heavy atom. The monoisotopic (exact) mass is 619 g/mol. The maximum Gasteiger partial charge on any atom is 0.410 e. The molecule has 1 aliphatic heterocycles. The van der Waals surface area contributed by atoms with E-state index in [1.54, 1.807) is 0 Å². The number of hydrogen-bond donors (Lipinski definition) is 0. The summed E-state index contributed by atoms with van der Waals surface area (Å²) in [5, 5.41) is 4.62. The van der Waals surface area contributed by atoms with E-state index < -0.39 is 18.1 Å². The summed E-state index contributed by atoms with van der Waals surface area (Å²) in [5.74, 6) is -0.462. The molecule has 0 aliphatic carbocycles. The van der Waals surface area contributed by atoms with Crippen molar-refractivity contribution in [3.63, 3.8) is 0 Å². The van der Waals surface area contributed by atoms with Crippen molar-refractivity contribution in [2.75, 3.05) is 6.54 Å². The first-order valence-electron chi connectivity index (χ1n) is 16.8. The highest BCUT2D eigenvalue weighted by Gasteiger charge is 2.42. The largest absolute Gasteiger partial charge is 0.459 e. The Bertz CT molecular complexity index is 1220. The molecule has 0 unspecified atom stereocenters. The average molecular weight is 620 g/mol. The van der Waals surface area contributed by atoms with Crippen molar-refractivity contribution in [1.29, 1.82) is 0 Å². The van der Waals surface area contributed by atoms with Crippen LogP contribution in [0.5, 0.6) is 0 Å². The normalized spacial score (nSPS) is 16.2. The van der Waals surface area contributed by atoms with E-state index in [0.29, 0.717) is 13.0 Å². The second kappa shape index (κ2) is 18.9. The lowest BCUT2D eigenvalue weighted by Gasteiger charge is -2.22. The number of nitrogens with zero attached hydrogens (tertiary/aromatic N) is 4. The fourth-order valence-corrected chi connectivity index (χ4v) is 5.69. The number of rotatable bonds is 19. The van der Waals surface area contributed by atoms with E-state index >= 15 is 0 Å². The molecule has 3 aromatic rings. The first kappa shape index (κ1) is 34.2. The number of aromatic nitrogens is 3. The predicted molar refractivity (Wildman–Crippen MR) is 172 cm³/mol. The van der Waals surface area contributed by atoms with E-state index in [-0.39, 0.29) is 25.9 Å². The molecule has 2 heterocycles. The molecule has 2 aromatic carbocycles. The molecule has 9 nitrogen and oxygen atoms in total. The lowest BCUT2D eigenvalue weighted by Crippen LogP contribution is -2.41. The molecule has 0 bridgehead atoms. The molecule has 45 heavy (non-hydrogen) atoms. The summed E-state index contributed by atoms with van der Waals surface area (Å²) in [5.41, 5.74) is 2.70. The summed E-state index contributed by atoms with van der Waals surface area (Å²) in [6.07, 6.45) is 14.5. The number of benzene rings is 2. The van der Waals surface area contributed by atoms with Crippen LogP contribution in [0, 0.1) is 0 Å². The molecule has 1 saturated heterocycles. The summed E-state index contributed by atoms with van der Waals surface area (Å²) < 4.78 is 21.3. The molecule has 2 atom stereocenters. The van der Waals surface area contributed by atoms with Crippen LogP contribution in [0.15, 0.2) is 66.9 Å². The van der Waals surface area contributed by atoms with Gasteiger partial charge in [-0.1, -0.05) is 119 Å². The lowest BCUT2D eigenvalue weighted by molar-refractivity contribution is -0.755. The van der Waals surface area contributed by atoms with E-state index in [0.717, 1.165) is 29.8 Å². The third kappa shape index (κ3) is 11.6. The SMILES string of the molecule is CCCCCCCCCCCC[n+]1cc(CO[C@@H]2C[C@@H](C(=O)OCc3ccccc3)N(C(=O)OCc3ccccc3)C2)n(C)n1. The molecule has 1 aromatic heterocycles. The summed E-state index contributed by atoms with van der Waals surface area (Å²) in [6, 6.07) is 18.2.